The molecule has 150 valence electrons. The number of hydrogen-bond donors (Lipinski definition) is 3. The number of aromatic nitrogens is 2. The minimum Gasteiger partial charge on any atom is -0.382 e. The molecule has 1 amide bonds. The molecule has 4 aromatic rings. The highest BCUT2D eigenvalue weighted by Gasteiger charge is 2.18. The van der Waals surface area contributed by atoms with Crippen molar-refractivity contribution in [3.8, 4) is 0 Å². The third-order valence-electron chi connectivity index (χ3n) is 4.45. The first kappa shape index (κ1) is 19.9. The molecular weight excluding hydrogens is 396 g/mol. The maximum atomic E-state index is 12.4. The average Bonchev–Trinajstić information content (AvgIpc) is 3.22. The molecule has 0 aliphatic heterocycles. The number of thioether (sulfide) groups is 1. The number of nitrogens with zero attached hydrogens (tertiary/aromatic N) is 2. The molecule has 0 aliphatic carbocycles. The van der Waals surface area contributed by atoms with Gasteiger partial charge in [0.05, 0.1) is 16.8 Å². The van der Waals surface area contributed by atoms with Crippen LogP contribution in [0.3, 0.4) is 0 Å². The Labute approximate surface area is 178 Å². The standard InChI is InChI=1S/C23H20N4O2S/c28-20(15-30-23-24-18-13-7-8-14-19(18)25-23)26-27-21(16-9-3-1-4-10-16)22(29)17-11-5-2-6-12-17/h1-14,22,29H,15H2,(H,24,25)(H,26,28). The Morgan fingerprint density at radius 3 is 2.40 bits per heavy atom. The number of benzene rings is 3. The molecule has 3 N–H and O–H groups in total. The van der Waals surface area contributed by atoms with Crippen LogP contribution in [-0.4, -0.2) is 32.4 Å². The summed E-state index contributed by atoms with van der Waals surface area (Å²) in [4.78, 5) is 20.0. The van der Waals surface area contributed by atoms with Gasteiger partial charge in [0.25, 0.3) is 5.91 Å². The van der Waals surface area contributed by atoms with Crippen LogP contribution in [0.25, 0.3) is 11.0 Å². The van der Waals surface area contributed by atoms with E-state index in [0.29, 0.717) is 16.4 Å². The fourth-order valence-electron chi connectivity index (χ4n) is 2.97. The molecule has 0 aliphatic rings. The number of aliphatic hydroxyl groups is 1. The quantitative estimate of drug-likeness (QED) is 0.242. The molecule has 4 rings (SSSR count). The lowest BCUT2D eigenvalue weighted by molar-refractivity contribution is -0.118. The largest absolute Gasteiger partial charge is 0.382 e. The lowest BCUT2D eigenvalue weighted by Crippen LogP contribution is -2.24. The first-order valence-corrected chi connectivity index (χ1v) is 10.4. The van der Waals surface area contributed by atoms with Gasteiger partial charge >= 0.3 is 0 Å². The van der Waals surface area contributed by atoms with Gasteiger partial charge in [-0.05, 0) is 17.7 Å². The van der Waals surface area contributed by atoms with Gasteiger partial charge < -0.3 is 10.1 Å². The van der Waals surface area contributed by atoms with Crippen molar-refractivity contribution in [2.75, 3.05) is 5.75 Å². The Bertz CT molecular complexity index is 1130. The van der Waals surface area contributed by atoms with Crippen molar-refractivity contribution in [1.82, 2.24) is 15.4 Å². The molecule has 0 bridgehead atoms. The average molecular weight is 417 g/mol. The van der Waals surface area contributed by atoms with Crippen molar-refractivity contribution in [2.45, 2.75) is 11.3 Å². The van der Waals surface area contributed by atoms with Crippen LogP contribution in [0.4, 0.5) is 0 Å². The number of amides is 1. The van der Waals surface area contributed by atoms with E-state index >= 15 is 0 Å². The molecule has 0 radical (unpaired) electrons. The zero-order valence-corrected chi connectivity index (χ0v) is 16.8. The van der Waals surface area contributed by atoms with E-state index in [-0.39, 0.29) is 11.7 Å². The number of aromatic amines is 1. The van der Waals surface area contributed by atoms with Crippen molar-refractivity contribution < 1.29 is 9.90 Å². The topological polar surface area (TPSA) is 90.4 Å². The lowest BCUT2D eigenvalue weighted by atomic mass is 9.99. The van der Waals surface area contributed by atoms with E-state index < -0.39 is 6.10 Å². The molecule has 1 heterocycles. The highest BCUT2D eigenvalue weighted by molar-refractivity contribution is 7.99. The van der Waals surface area contributed by atoms with Crippen LogP contribution in [0, 0.1) is 0 Å². The number of hydrazone groups is 1. The zero-order valence-electron chi connectivity index (χ0n) is 16.0. The fraction of sp³-hybridized carbons (Fsp3) is 0.0870. The van der Waals surface area contributed by atoms with Gasteiger partial charge in [-0.3, -0.25) is 4.79 Å². The summed E-state index contributed by atoms with van der Waals surface area (Å²) < 4.78 is 0. The van der Waals surface area contributed by atoms with E-state index in [0.717, 1.165) is 16.6 Å². The predicted octanol–water partition coefficient (Wildman–Crippen LogP) is 3.91. The van der Waals surface area contributed by atoms with Crippen molar-refractivity contribution in [3.05, 3.63) is 96.1 Å². The Balaban J connectivity index is 1.46. The van der Waals surface area contributed by atoms with Gasteiger partial charge in [0, 0.05) is 5.56 Å². The summed E-state index contributed by atoms with van der Waals surface area (Å²) in [5.41, 5.74) is 6.16. The smallest absolute Gasteiger partial charge is 0.250 e. The molecule has 30 heavy (non-hydrogen) atoms. The highest BCUT2D eigenvalue weighted by atomic mass is 32.2. The van der Waals surface area contributed by atoms with E-state index in [4.69, 9.17) is 0 Å². The predicted molar refractivity (Wildman–Crippen MR) is 119 cm³/mol. The Hall–Kier alpha value is -3.42. The van der Waals surface area contributed by atoms with E-state index in [1.165, 1.54) is 11.8 Å². The summed E-state index contributed by atoms with van der Waals surface area (Å²) in [6.07, 6.45) is -0.961. The van der Waals surface area contributed by atoms with Gasteiger partial charge in [-0.15, -0.1) is 0 Å². The number of carbonyl (C=O) groups excluding carboxylic acids is 1. The van der Waals surface area contributed by atoms with Crippen molar-refractivity contribution in [3.63, 3.8) is 0 Å². The first-order chi connectivity index (χ1) is 14.7. The summed E-state index contributed by atoms with van der Waals surface area (Å²) in [6.45, 7) is 0. The van der Waals surface area contributed by atoms with Crippen LogP contribution >= 0.6 is 11.8 Å². The molecule has 7 heteroatoms. The number of carbonyl (C=O) groups is 1. The van der Waals surface area contributed by atoms with Crippen LogP contribution < -0.4 is 5.43 Å². The Morgan fingerprint density at radius 2 is 1.67 bits per heavy atom. The first-order valence-electron chi connectivity index (χ1n) is 9.43. The number of para-hydroxylation sites is 2. The second kappa shape index (κ2) is 9.39. The zero-order chi connectivity index (χ0) is 20.8. The summed E-state index contributed by atoms with van der Waals surface area (Å²) in [6, 6.07) is 26.2. The highest BCUT2D eigenvalue weighted by Crippen LogP contribution is 2.20. The van der Waals surface area contributed by atoms with Crippen LogP contribution in [-0.2, 0) is 4.79 Å². The number of hydrogen-bond acceptors (Lipinski definition) is 5. The van der Waals surface area contributed by atoms with Crippen molar-refractivity contribution in [1.29, 1.82) is 0 Å². The number of aliphatic hydroxyl groups excluding tert-OH is 1. The molecule has 0 spiro atoms. The molecule has 1 atom stereocenters. The molecule has 0 saturated carbocycles. The Morgan fingerprint density at radius 1 is 1.00 bits per heavy atom. The normalized spacial score (nSPS) is 12.6. The second-order valence-electron chi connectivity index (χ2n) is 6.56. The molecule has 0 saturated heterocycles. The van der Waals surface area contributed by atoms with Crippen LogP contribution in [0.2, 0.25) is 0 Å². The second-order valence-corrected chi connectivity index (χ2v) is 7.52. The fourth-order valence-corrected chi connectivity index (χ4v) is 3.65. The SMILES string of the molecule is O=C(CSc1nc2ccccc2[nH]1)NN=C(c1ccccc1)C(O)c1ccccc1. The van der Waals surface area contributed by atoms with Gasteiger partial charge in [-0.2, -0.15) is 5.10 Å². The maximum absolute atomic E-state index is 12.4. The summed E-state index contributed by atoms with van der Waals surface area (Å²) in [5, 5.41) is 15.8. The molecule has 1 aromatic heterocycles. The third kappa shape index (κ3) is 4.76. The van der Waals surface area contributed by atoms with Gasteiger partial charge in [-0.1, -0.05) is 84.6 Å². The summed E-state index contributed by atoms with van der Waals surface area (Å²) >= 11 is 1.30. The number of imidazole rings is 1. The molecule has 1 unspecified atom stereocenters. The number of nitrogens with one attached hydrogen (secondary N) is 2. The van der Waals surface area contributed by atoms with Gasteiger partial charge in [0.1, 0.15) is 11.8 Å². The van der Waals surface area contributed by atoms with Crippen LogP contribution in [0.15, 0.2) is 95.2 Å². The van der Waals surface area contributed by atoms with Gasteiger partial charge in [0.15, 0.2) is 5.16 Å². The summed E-state index contributed by atoms with van der Waals surface area (Å²) in [5.74, 6) is -0.138. The van der Waals surface area contributed by atoms with E-state index in [1.54, 1.807) is 0 Å². The van der Waals surface area contributed by atoms with Crippen molar-refractivity contribution in [2.24, 2.45) is 5.10 Å². The van der Waals surface area contributed by atoms with E-state index in [9.17, 15) is 9.90 Å². The number of H-pyrrole nitrogens is 1. The van der Waals surface area contributed by atoms with Gasteiger partial charge in [-0.25, -0.2) is 10.4 Å². The number of rotatable bonds is 7. The van der Waals surface area contributed by atoms with Gasteiger partial charge in [0.2, 0.25) is 0 Å². The summed E-state index contributed by atoms with van der Waals surface area (Å²) in [7, 11) is 0. The lowest BCUT2D eigenvalue weighted by Gasteiger charge is -2.14. The number of fused-ring (bicyclic) bond motifs is 1. The van der Waals surface area contributed by atoms with Crippen molar-refractivity contribution >= 4 is 34.4 Å². The molecular formula is C23H20N4O2S. The molecule has 6 nitrogen and oxygen atoms in total. The monoisotopic (exact) mass is 416 g/mol. The van der Waals surface area contributed by atoms with E-state index in [2.05, 4.69) is 20.5 Å². The molecule has 3 aromatic carbocycles. The van der Waals surface area contributed by atoms with E-state index in [1.807, 2.05) is 84.9 Å². The third-order valence-corrected chi connectivity index (χ3v) is 5.33. The maximum Gasteiger partial charge on any atom is 0.250 e. The minimum atomic E-state index is -0.961. The van der Waals surface area contributed by atoms with Crippen LogP contribution in [0.1, 0.15) is 17.2 Å². The minimum absolute atomic E-state index is 0.146. The molecule has 0 fully saturated rings. The Kier molecular flexibility index (Phi) is 6.22. The van der Waals surface area contributed by atoms with Crippen LogP contribution in [0.5, 0.6) is 0 Å².